The number of hydrogen-bond acceptors (Lipinski definition) is 3. The van der Waals surface area contributed by atoms with Gasteiger partial charge in [-0.1, -0.05) is 13.8 Å². The second-order valence-electron chi connectivity index (χ2n) is 6.98. The fraction of sp³-hybridized carbons (Fsp3) is 1.00. The van der Waals surface area contributed by atoms with Gasteiger partial charge in [0.25, 0.3) is 0 Å². The van der Waals surface area contributed by atoms with Crippen LogP contribution in [0.1, 0.15) is 39.5 Å². The van der Waals surface area contributed by atoms with Crippen LogP contribution < -0.4 is 5.73 Å². The molecule has 1 aliphatic rings. The molecule has 18 heavy (non-hydrogen) atoms. The third-order valence-corrected chi connectivity index (χ3v) is 4.28. The van der Waals surface area contributed by atoms with Crippen molar-refractivity contribution in [2.45, 2.75) is 39.5 Å². The fourth-order valence-electron chi connectivity index (χ4n) is 3.03. The fourth-order valence-corrected chi connectivity index (χ4v) is 3.03. The van der Waals surface area contributed by atoms with Crippen LogP contribution in [-0.4, -0.2) is 56.6 Å². The molecule has 0 unspecified atom stereocenters. The molecule has 1 heterocycles. The van der Waals surface area contributed by atoms with Crippen LogP contribution in [0, 0.1) is 11.3 Å². The molecule has 0 atom stereocenters. The zero-order chi connectivity index (χ0) is 13.6. The number of hydrogen-bond donors (Lipinski definition) is 1. The molecule has 0 bridgehead atoms. The number of rotatable bonds is 7. The Labute approximate surface area is 114 Å². The summed E-state index contributed by atoms with van der Waals surface area (Å²) < 4.78 is 0. The van der Waals surface area contributed by atoms with Crippen molar-refractivity contribution in [3.05, 3.63) is 0 Å². The molecule has 3 nitrogen and oxygen atoms in total. The van der Waals surface area contributed by atoms with Gasteiger partial charge in [0.05, 0.1) is 0 Å². The highest BCUT2D eigenvalue weighted by atomic mass is 15.1. The minimum absolute atomic E-state index is 0.357. The maximum Gasteiger partial charge on any atom is 0.00301 e. The molecule has 1 fully saturated rings. The lowest BCUT2D eigenvalue weighted by molar-refractivity contribution is 0.167. The van der Waals surface area contributed by atoms with E-state index >= 15 is 0 Å². The SMILES string of the molecule is CN1CCC(CCN(C)CC(C)(C)CCN)CC1. The van der Waals surface area contributed by atoms with Crippen LogP contribution in [0.25, 0.3) is 0 Å². The lowest BCUT2D eigenvalue weighted by Crippen LogP contribution is -2.35. The van der Waals surface area contributed by atoms with Crippen LogP contribution in [-0.2, 0) is 0 Å². The molecule has 1 rings (SSSR count). The molecule has 1 aliphatic heterocycles. The molecule has 0 saturated carbocycles. The van der Waals surface area contributed by atoms with E-state index in [0.29, 0.717) is 5.41 Å². The molecular weight excluding hydrogens is 222 g/mol. The van der Waals surface area contributed by atoms with Gasteiger partial charge in [-0.15, -0.1) is 0 Å². The Balaban J connectivity index is 2.18. The highest BCUT2D eigenvalue weighted by Gasteiger charge is 2.21. The summed E-state index contributed by atoms with van der Waals surface area (Å²) >= 11 is 0. The summed E-state index contributed by atoms with van der Waals surface area (Å²) in [7, 11) is 4.49. The average Bonchev–Trinajstić information content (AvgIpc) is 2.27. The van der Waals surface area contributed by atoms with E-state index in [4.69, 9.17) is 5.73 Å². The van der Waals surface area contributed by atoms with Crippen molar-refractivity contribution in [2.24, 2.45) is 17.1 Å². The van der Waals surface area contributed by atoms with Gasteiger partial charge >= 0.3 is 0 Å². The van der Waals surface area contributed by atoms with E-state index in [2.05, 4.69) is 37.7 Å². The monoisotopic (exact) mass is 255 g/mol. The summed E-state index contributed by atoms with van der Waals surface area (Å²) in [6.45, 7) is 10.4. The molecule has 0 radical (unpaired) electrons. The second kappa shape index (κ2) is 7.46. The quantitative estimate of drug-likeness (QED) is 0.755. The van der Waals surface area contributed by atoms with E-state index in [-0.39, 0.29) is 0 Å². The Bertz CT molecular complexity index is 220. The van der Waals surface area contributed by atoms with Crippen molar-refractivity contribution in [1.82, 2.24) is 9.80 Å². The highest BCUT2D eigenvalue weighted by Crippen LogP contribution is 2.23. The summed E-state index contributed by atoms with van der Waals surface area (Å²) in [6, 6.07) is 0. The first-order chi connectivity index (χ1) is 8.43. The summed E-state index contributed by atoms with van der Waals surface area (Å²) in [6.07, 6.45) is 5.25. The Morgan fingerprint density at radius 1 is 1.28 bits per heavy atom. The molecule has 0 aliphatic carbocycles. The van der Waals surface area contributed by atoms with Gasteiger partial charge in [-0.25, -0.2) is 0 Å². The van der Waals surface area contributed by atoms with Crippen molar-refractivity contribution in [3.8, 4) is 0 Å². The van der Waals surface area contributed by atoms with Gasteiger partial charge in [0, 0.05) is 6.54 Å². The maximum absolute atomic E-state index is 5.67. The molecule has 0 spiro atoms. The lowest BCUT2D eigenvalue weighted by Gasteiger charge is -2.33. The number of nitrogens with zero attached hydrogens (tertiary/aromatic N) is 2. The van der Waals surface area contributed by atoms with Gasteiger partial charge in [0.1, 0.15) is 0 Å². The van der Waals surface area contributed by atoms with Crippen molar-refractivity contribution in [3.63, 3.8) is 0 Å². The van der Waals surface area contributed by atoms with Crippen molar-refractivity contribution >= 4 is 0 Å². The molecule has 2 N–H and O–H groups in total. The summed E-state index contributed by atoms with van der Waals surface area (Å²) in [4.78, 5) is 4.94. The summed E-state index contributed by atoms with van der Waals surface area (Å²) in [5.41, 5.74) is 6.03. The largest absolute Gasteiger partial charge is 0.330 e. The molecule has 3 heteroatoms. The van der Waals surface area contributed by atoms with Crippen molar-refractivity contribution < 1.29 is 0 Å². The molecule has 108 valence electrons. The minimum Gasteiger partial charge on any atom is -0.330 e. The molecule has 0 aromatic heterocycles. The molecule has 1 saturated heterocycles. The predicted octanol–water partition coefficient (Wildman–Crippen LogP) is 2.03. The second-order valence-corrected chi connectivity index (χ2v) is 6.98. The van der Waals surface area contributed by atoms with E-state index in [9.17, 15) is 0 Å². The van der Waals surface area contributed by atoms with E-state index in [1.54, 1.807) is 0 Å². The Morgan fingerprint density at radius 2 is 1.89 bits per heavy atom. The van der Waals surface area contributed by atoms with Crippen LogP contribution in [0.15, 0.2) is 0 Å². The third kappa shape index (κ3) is 6.17. The zero-order valence-electron chi connectivity index (χ0n) is 12.9. The van der Waals surface area contributed by atoms with Crippen LogP contribution >= 0.6 is 0 Å². The van der Waals surface area contributed by atoms with E-state index in [1.165, 1.54) is 38.9 Å². The number of nitrogens with two attached hydrogens (primary N) is 1. The summed E-state index contributed by atoms with van der Waals surface area (Å²) in [5.74, 6) is 0.946. The normalized spacial score (nSPS) is 19.7. The van der Waals surface area contributed by atoms with Gasteiger partial charge in [0.15, 0.2) is 0 Å². The van der Waals surface area contributed by atoms with Crippen molar-refractivity contribution in [1.29, 1.82) is 0 Å². The van der Waals surface area contributed by atoms with E-state index in [1.807, 2.05) is 0 Å². The predicted molar refractivity (Wildman–Crippen MR) is 79.8 cm³/mol. The van der Waals surface area contributed by atoms with Gasteiger partial charge in [-0.05, 0) is 77.3 Å². The van der Waals surface area contributed by atoms with E-state index in [0.717, 1.165) is 25.4 Å². The standard InChI is InChI=1S/C15H33N3/c1-15(2,8-9-16)13-18(4)12-7-14-5-10-17(3)11-6-14/h14H,5-13,16H2,1-4H3. The average molecular weight is 255 g/mol. The van der Waals surface area contributed by atoms with Crippen LogP contribution in [0.4, 0.5) is 0 Å². The minimum atomic E-state index is 0.357. The first-order valence-corrected chi connectivity index (χ1v) is 7.50. The Hall–Kier alpha value is -0.120. The summed E-state index contributed by atoms with van der Waals surface area (Å²) in [5, 5.41) is 0. The van der Waals surface area contributed by atoms with Gasteiger partial charge in [-0.3, -0.25) is 0 Å². The van der Waals surface area contributed by atoms with Crippen molar-refractivity contribution in [2.75, 3.05) is 46.8 Å². The first-order valence-electron chi connectivity index (χ1n) is 7.50. The zero-order valence-corrected chi connectivity index (χ0v) is 12.9. The molecule has 0 amide bonds. The first kappa shape index (κ1) is 15.9. The van der Waals surface area contributed by atoms with Gasteiger partial charge < -0.3 is 15.5 Å². The lowest BCUT2D eigenvalue weighted by atomic mass is 9.88. The highest BCUT2D eigenvalue weighted by molar-refractivity contribution is 4.75. The molecule has 0 aromatic rings. The number of likely N-dealkylation sites (tertiary alicyclic amines) is 1. The topological polar surface area (TPSA) is 32.5 Å². The van der Waals surface area contributed by atoms with Crippen LogP contribution in [0.2, 0.25) is 0 Å². The van der Waals surface area contributed by atoms with Crippen LogP contribution in [0.3, 0.4) is 0 Å². The third-order valence-electron chi connectivity index (χ3n) is 4.28. The smallest absolute Gasteiger partial charge is 0.00301 e. The Morgan fingerprint density at radius 3 is 2.44 bits per heavy atom. The molecule has 0 aromatic carbocycles. The number of piperidine rings is 1. The molecular formula is C15H33N3. The Kier molecular flexibility index (Phi) is 6.61. The van der Waals surface area contributed by atoms with Crippen LogP contribution in [0.5, 0.6) is 0 Å². The van der Waals surface area contributed by atoms with Gasteiger partial charge in [-0.2, -0.15) is 0 Å². The van der Waals surface area contributed by atoms with E-state index < -0.39 is 0 Å². The van der Waals surface area contributed by atoms with Gasteiger partial charge in [0.2, 0.25) is 0 Å². The maximum atomic E-state index is 5.67.